The second-order valence-electron chi connectivity index (χ2n) is 8.72. The van der Waals surface area contributed by atoms with Crippen molar-refractivity contribution in [3.05, 3.63) is 128 Å². The average molecular weight is 575 g/mol. The molecule has 196 valence electrons. The first kappa shape index (κ1) is 26.8. The molecule has 0 atom stereocenters. The third kappa shape index (κ3) is 6.60. The lowest BCUT2D eigenvalue weighted by Crippen LogP contribution is -2.11. The highest BCUT2D eigenvalue weighted by Crippen LogP contribution is 2.29. The Balaban J connectivity index is 1.49. The normalized spacial score (nSPS) is 11.7. The van der Waals surface area contributed by atoms with Gasteiger partial charge in [-0.15, -0.1) is 11.3 Å². The van der Waals surface area contributed by atoms with Gasteiger partial charge in [-0.25, -0.2) is 9.67 Å². The molecule has 0 aliphatic heterocycles. The standard InChI is InChI=1S/C31H25Cl2N3O2S/c1-21-8-11-24(12-9-21)28-20-39-31(35-25-13-14-26(32)27(33)17-25)36(28)34-18-23-10-15-29(30(16-23)37-2)38-19-22-6-4-3-5-7-22/h3-18,20H,19H2,1-2H3/b34-18-,35-31?. The number of hydrogen-bond donors (Lipinski definition) is 0. The van der Waals surface area contributed by atoms with Crippen molar-refractivity contribution in [1.29, 1.82) is 0 Å². The molecule has 0 amide bonds. The van der Waals surface area contributed by atoms with Crippen LogP contribution in [0.15, 0.2) is 106 Å². The predicted octanol–water partition coefficient (Wildman–Crippen LogP) is 8.53. The van der Waals surface area contributed by atoms with Crippen LogP contribution in [0, 0.1) is 6.92 Å². The Bertz CT molecular complexity index is 1680. The fourth-order valence-electron chi connectivity index (χ4n) is 3.82. The van der Waals surface area contributed by atoms with Gasteiger partial charge in [0.15, 0.2) is 11.5 Å². The number of aromatic nitrogens is 1. The van der Waals surface area contributed by atoms with E-state index in [1.165, 1.54) is 16.9 Å². The SMILES string of the molecule is COc1cc(/C=N\n2c(-c3ccc(C)cc3)csc2=Nc2ccc(Cl)c(Cl)c2)ccc1OCc1ccccc1. The van der Waals surface area contributed by atoms with Gasteiger partial charge in [0.2, 0.25) is 4.80 Å². The van der Waals surface area contributed by atoms with Crippen LogP contribution in [0.3, 0.4) is 0 Å². The summed E-state index contributed by atoms with van der Waals surface area (Å²) in [6, 6.07) is 29.4. The molecule has 0 radical (unpaired) electrons. The summed E-state index contributed by atoms with van der Waals surface area (Å²) >= 11 is 13.8. The molecule has 1 heterocycles. The van der Waals surface area contributed by atoms with Crippen molar-refractivity contribution in [3.8, 4) is 22.8 Å². The summed E-state index contributed by atoms with van der Waals surface area (Å²) in [6.07, 6.45) is 1.78. The fraction of sp³-hybridized carbons (Fsp3) is 0.0968. The van der Waals surface area contributed by atoms with E-state index in [2.05, 4.69) is 31.2 Å². The van der Waals surface area contributed by atoms with Crippen molar-refractivity contribution in [1.82, 2.24) is 4.68 Å². The van der Waals surface area contributed by atoms with E-state index in [0.717, 1.165) is 22.4 Å². The fourth-order valence-corrected chi connectivity index (χ4v) is 4.97. The molecule has 0 spiro atoms. The van der Waals surface area contributed by atoms with E-state index in [0.29, 0.717) is 38.6 Å². The predicted molar refractivity (Wildman–Crippen MR) is 161 cm³/mol. The van der Waals surface area contributed by atoms with E-state index in [1.54, 1.807) is 25.5 Å². The number of hydrogen-bond acceptors (Lipinski definition) is 5. The van der Waals surface area contributed by atoms with Crippen LogP contribution in [0.25, 0.3) is 11.3 Å². The molecular formula is C31H25Cl2N3O2S. The highest BCUT2D eigenvalue weighted by molar-refractivity contribution is 7.07. The van der Waals surface area contributed by atoms with Crippen LogP contribution in [0.1, 0.15) is 16.7 Å². The Kier molecular flexibility index (Phi) is 8.47. The van der Waals surface area contributed by atoms with Crippen molar-refractivity contribution < 1.29 is 9.47 Å². The molecule has 0 saturated carbocycles. The van der Waals surface area contributed by atoms with E-state index in [4.69, 9.17) is 42.8 Å². The summed E-state index contributed by atoms with van der Waals surface area (Å²) in [5.74, 6) is 1.29. The number of ether oxygens (including phenoxy) is 2. The molecule has 39 heavy (non-hydrogen) atoms. The molecule has 4 aromatic carbocycles. The minimum atomic E-state index is 0.449. The summed E-state index contributed by atoms with van der Waals surface area (Å²) in [4.78, 5) is 5.49. The van der Waals surface area contributed by atoms with Crippen molar-refractivity contribution in [2.75, 3.05) is 7.11 Å². The zero-order chi connectivity index (χ0) is 27.2. The molecule has 5 aromatic rings. The molecule has 0 aliphatic carbocycles. The number of thiazole rings is 1. The Morgan fingerprint density at radius 1 is 0.872 bits per heavy atom. The lowest BCUT2D eigenvalue weighted by molar-refractivity contribution is 0.284. The largest absolute Gasteiger partial charge is 0.493 e. The molecule has 0 saturated heterocycles. The van der Waals surface area contributed by atoms with E-state index in [-0.39, 0.29) is 0 Å². The minimum absolute atomic E-state index is 0.449. The highest BCUT2D eigenvalue weighted by Gasteiger charge is 2.10. The quantitative estimate of drug-likeness (QED) is 0.174. The smallest absolute Gasteiger partial charge is 0.211 e. The zero-order valence-corrected chi connectivity index (χ0v) is 23.7. The number of aryl methyl sites for hydroxylation is 1. The van der Waals surface area contributed by atoms with Gasteiger partial charge in [0.05, 0.1) is 34.8 Å². The zero-order valence-electron chi connectivity index (χ0n) is 21.3. The van der Waals surface area contributed by atoms with Crippen LogP contribution in [0.5, 0.6) is 11.5 Å². The minimum Gasteiger partial charge on any atom is -0.493 e. The van der Waals surface area contributed by atoms with Crippen LogP contribution in [0.4, 0.5) is 5.69 Å². The first-order chi connectivity index (χ1) is 19.0. The first-order valence-electron chi connectivity index (χ1n) is 12.2. The van der Waals surface area contributed by atoms with Gasteiger partial charge in [-0.3, -0.25) is 0 Å². The highest BCUT2D eigenvalue weighted by atomic mass is 35.5. The van der Waals surface area contributed by atoms with E-state index in [9.17, 15) is 0 Å². The van der Waals surface area contributed by atoms with Gasteiger partial charge in [0, 0.05) is 10.9 Å². The monoisotopic (exact) mass is 573 g/mol. The second kappa shape index (κ2) is 12.3. The summed E-state index contributed by atoms with van der Waals surface area (Å²) in [5, 5.41) is 7.80. The molecule has 0 unspecified atom stereocenters. The number of benzene rings is 4. The van der Waals surface area contributed by atoms with Crippen molar-refractivity contribution in [2.45, 2.75) is 13.5 Å². The Hall–Kier alpha value is -3.84. The Morgan fingerprint density at radius 2 is 1.67 bits per heavy atom. The van der Waals surface area contributed by atoms with Crippen LogP contribution in [-0.4, -0.2) is 18.0 Å². The third-order valence-corrected chi connectivity index (χ3v) is 7.46. The molecule has 1 aromatic heterocycles. The molecular weight excluding hydrogens is 549 g/mol. The van der Waals surface area contributed by atoms with Gasteiger partial charge in [0.25, 0.3) is 0 Å². The van der Waals surface area contributed by atoms with Gasteiger partial charge in [-0.1, -0.05) is 83.4 Å². The van der Waals surface area contributed by atoms with Gasteiger partial charge >= 0.3 is 0 Å². The van der Waals surface area contributed by atoms with Gasteiger partial charge in [0.1, 0.15) is 6.61 Å². The maximum Gasteiger partial charge on any atom is 0.211 e. The third-order valence-electron chi connectivity index (χ3n) is 5.91. The second-order valence-corrected chi connectivity index (χ2v) is 10.4. The molecule has 5 nitrogen and oxygen atoms in total. The van der Waals surface area contributed by atoms with Gasteiger partial charge < -0.3 is 9.47 Å². The molecule has 0 fully saturated rings. The maximum atomic E-state index is 6.23. The number of rotatable bonds is 8. The summed E-state index contributed by atoms with van der Waals surface area (Å²) in [5.41, 5.74) is 5.77. The van der Waals surface area contributed by atoms with E-state index >= 15 is 0 Å². The van der Waals surface area contributed by atoms with Crippen LogP contribution < -0.4 is 14.3 Å². The summed E-state index contributed by atoms with van der Waals surface area (Å²) < 4.78 is 13.4. The summed E-state index contributed by atoms with van der Waals surface area (Å²) in [7, 11) is 1.63. The van der Waals surface area contributed by atoms with Crippen LogP contribution in [0.2, 0.25) is 10.0 Å². The van der Waals surface area contributed by atoms with Crippen LogP contribution >= 0.6 is 34.5 Å². The Labute approximate surface area is 241 Å². The molecule has 5 rings (SSSR count). The molecule has 0 bridgehead atoms. The van der Waals surface area contributed by atoms with Gasteiger partial charge in [-0.2, -0.15) is 5.10 Å². The maximum absolute atomic E-state index is 6.23. The molecule has 8 heteroatoms. The topological polar surface area (TPSA) is 48.1 Å². The van der Waals surface area contributed by atoms with Gasteiger partial charge in [-0.05, 0) is 54.4 Å². The number of methoxy groups -OCH3 is 1. The van der Waals surface area contributed by atoms with Crippen LogP contribution in [-0.2, 0) is 6.61 Å². The lowest BCUT2D eigenvalue weighted by atomic mass is 10.1. The van der Waals surface area contributed by atoms with E-state index in [1.807, 2.05) is 64.7 Å². The number of halogens is 2. The van der Waals surface area contributed by atoms with Crippen molar-refractivity contribution in [3.63, 3.8) is 0 Å². The molecule has 0 N–H and O–H groups in total. The lowest BCUT2D eigenvalue weighted by Gasteiger charge is -2.11. The molecule has 0 aliphatic rings. The van der Waals surface area contributed by atoms with Crippen molar-refractivity contribution in [2.24, 2.45) is 10.1 Å². The van der Waals surface area contributed by atoms with Crippen molar-refractivity contribution >= 4 is 46.4 Å². The average Bonchev–Trinajstić information content (AvgIpc) is 3.35. The Morgan fingerprint density at radius 3 is 2.41 bits per heavy atom. The summed E-state index contributed by atoms with van der Waals surface area (Å²) in [6.45, 7) is 2.52. The first-order valence-corrected chi connectivity index (χ1v) is 13.8. The van der Waals surface area contributed by atoms with E-state index < -0.39 is 0 Å². The number of nitrogens with zero attached hydrogens (tertiary/aromatic N) is 3.